The zero-order valence-corrected chi connectivity index (χ0v) is 12.7. The molecule has 0 radical (unpaired) electrons. The van der Waals surface area contributed by atoms with Crippen LogP contribution in [0.1, 0.15) is 45.6 Å². The zero-order chi connectivity index (χ0) is 13.7. The van der Waals surface area contributed by atoms with Crippen molar-refractivity contribution in [3.05, 3.63) is 35.9 Å². The van der Waals surface area contributed by atoms with Gasteiger partial charge in [0.25, 0.3) is 0 Å². The highest BCUT2D eigenvalue weighted by Crippen LogP contribution is 2.25. The van der Waals surface area contributed by atoms with E-state index in [2.05, 4.69) is 61.3 Å². The Balaban J connectivity index is 2.04. The third-order valence-corrected chi connectivity index (χ3v) is 4.47. The number of nitrogens with one attached hydrogen (secondary N) is 1. The van der Waals surface area contributed by atoms with Gasteiger partial charge >= 0.3 is 0 Å². The summed E-state index contributed by atoms with van der Waals surface area (Å²) in [7, 11) is 0. The maximum absolute atomic E-state index is 3.75. The standard InChI is InChI=1S/C17H28N2/c1-4-17(11-8-12-18-17)14-19(15(2)3)13-16-9-6-5-7-10-16/h5-7,9-10,15,18H,4,8,11-14H2,1-3H3. The smallest absolute Gasteiger partial charge is 0.0306 e. The first kappa shape index (κ1) is 14.5. The monoisotopic (exact) mass is 260 g/mol. The molecule has 106 valence electrons. The number of benzene rings is 1. The van der Waals surface area contributed by atoms with Gasteiger partial charge in [0.2, 0.25) is 0 Å². The first-order valence-electron chi connectivity index (χ1n) is 7.68. The molecule has 1 N–H and O–H groups in total. The summed E-state index contributed by atoms with van der Waals surface area (Å²) in [5.74, 6) is 0. The minimum atomic E-state index is 0.346. The SMILES string of the molecule is CCC1(CN(Cc2ccccc2)C(C)C)CCCN1. The third-order valence-electron chi connectivity index (χ3n) is 4.47. The van der Waals surface area contributed by atoms with Gasteiger partial charge < -0.3 is 5.32 Å². The van der Waals surface area contributed by atoms with E-state index in [0.717, 1.165) is 13.1 Å². The van der Waals surface area contributed by atoms with Gasteiger partial charge in [-0.2, -0.15) is 0 Å². The Hall–Kier alpha value is -0.860. The average molecular weight is 260 g/mol. The minimum absolute atomic E-state index is 0.346. The maximum Gasteiger partial charge on any atom is 0.0306 e. The van der Waals surface area contributed by atoms with Crippen molar-refractivity contribution in [3.8, 4) is 0 Å². The average Bonchev–Trinajstić information content (AvgIpc) is 2.88. The fourth-order valence-corrected chi connectivity index (χ4v) is 3.04. The maximum atomic E-state index is 3.75. The van der Waals surface area contributed by atoms with Gasteiger partial charge in [0.1, 0.15) is 0 Å². The van der Waals surface area contributed by atoms with Gasteiger partial charge in [-0.1, -0.05) is 37.3 Å². The lowest BCUT2D eigenvalue weighted by Gasteiger charge is -2.37. The molecular formula is C17H28N2. The van der Waals surface area contributed by atoms with Crippen LogP contribution in [0.2, 0.25) is 0 Å². The summed E-state index contributed by atoms with van der Waals surface area (Å²) in [6.07, 6.45) is 3.87. The highest BCUT2D eigenvalue weighted by molar-refractivity contribution is 5.14. The molecule has 1 aliphatic rings. The predicted octanol–water partition coefficient (Wildman–Crippen LogP) is 3.43. The van der Waals surface area contributed by atoms with E-state index in [1.807, 2.05) is 0 Å². The predicted molar refractivity (Wildman–Crippen MR) is 82.2 cm³/mol. The molecule has 0 saturated carbocycles. The molecule has 0 aromatic heterocycles. The van der Waals surface area contributed by atoms with Crippen LogP contribution in [0.5, 0.6) is 0 Å². The minimum Gasteiger partial charge on any atom is -0.310 e. The normalized spacial score (nSPS) is 23.4. The molecule has 19 heavy (non-hydrogen) atoms. The van der Waals surface area contributed by atoms with E-state index in [1.165, 1.54) is 31.4 Å². The van der Waals surface area contributed by atoms with Gasteiger partial charge in [0.15, 0.2) is 0 Å². The van der Waals surface area contributed by atoms with Crippen molar-refractivity contribution in [2.24, 2.45) is 0 Å². The van der Waals surface area contributed by atoms with Gasteiger partial charge in [-0.25, -0.2) is 0 Å². The zero-order valence-electron chi connectivity index (χ0n) is 12.7. The Morgan fingerprint density at radius 1 is 1.26 bits per heavy atom. The van der Waals surface area contributed by atoms with Crippen LogP contribution in [0, 0.1) is 0 Å². The topological polar surface area (TPSA) is 15.3 Å². The molecule has 1 aromatic rings. The van der Waals surface area contributed by atoms with Crippen LogP contribution in [0.3, 0.4) is 0 Å². The summed E-state index contributed by atoms with van der Waals surface area (Å²) in [5.41, 5.74) is 1.76. The second-order valence-electron chi connectivity index (χ2n) is 6.15. The first-order chi connectivity index (χ1) is 9.15. The lowest BCUT2D eigenvalue weighted by atomic mass is 9.92. The molecule has 1 saturated heterocycles. The molecule has 0 amide bonds. The van der Waals surface area contributed by atoms with Crippen molar-refractivity contribution < 1.29 is 0 Å². The van der Waals surface area contributed by atoms with E-state index in [0.29, 0.717) is 11.6 Å². The van der Waals surface area contributed by atoms with Crippen molar-refractivity contribution in [3.63, 3.8) is 0 Å². The number of nitrogens with zero attached hydrogens (tertiary/aromatic N) is 1. The van der Waals surface area contributed by atoms with E-state index in [1.54, 1.807) is 0 Å². The second kappa shape index (κ2) is 6.53. The Bertz CT molecular complexity index is 366. The fourth-order valence-electron chi connectivity index (χ4n) is 3.04. The van der Waals surface area contributed by atoms with Gasteiger partial charge in [-0.3, -0.25) is 4.90 Å². The van der Waals surface area contributed by atoms with Gasteiger partial charge in [0.05, 0.1) is 0 Å². The quantitative estimate of drug-likeness (QED) is 0.843. The van der Waals surface area contributed by atoms with E-state index < -0.39 is 0 Å². The van der Waals surface area contributed by atoms with Crippen molar-refractivity contribution in [2.45, 2.75) is 58.2 Å². The Morgan fingerprint density at radius 2 is 2.00 bits per heavy atom. The van der Waals surface area contributed by atoms with Crippen molar-refractivity contribution in [1.29, 1.82) is 0 Å². The van der Waals surface area contributed by atoms with E-state index in [-0.39, 0.29) is 0 Å². The Labute approximate surface area is 118 Å². The highest BCUT2D eigenvalue weighted by atomic mass is 15.2. The number of hydrogen-bond donors (Lipinski definition) is 1. The largest absolute Gasteiger partial charge is 0.310 e. The lowest BCUT2D eigenvalue weighted by Crippen LogP contribution is -2.51. The second-order valence-corrected chi connectivity index (χ2v) is 6.15. The summed E-state index contributed by atoms with van der Waals surface area (Å²) in [6, 6.07) is 11.4. The summed E-state index contributed by atoms with van der Waals surface area (Å²) in [4.78, 5) is 2.61. The molecule has 0 aliphatic carbocycles. The third kappa shape index (κ3) is 3.80. The molecule has 0 bridgehead atoms. The summed E-state index contributed by atoms with van der Waals surface area (Å²) in [5, 5.41) is 3.75. The van der Waals surface area contributed by atoms with Crippen LogP contribution in [0.4, 0.5) is 0 Å². The van der Waals surface area contributed by atoms with Gasteiger partial charge in [-0.15, -0.1) is 0 Å². The van der Waals surface area contributed by atoms with Crippen LogP contribution < -0.4 is 5.32 Å². The Morgan fingerprint density at radius 3 is 2.53 bits per heavy atom. The van der Waals surface area contributed by atoms with Gasteiger partial charge in [-0.05, 0) is 45.2 Å². The first-order valence-corrected chi connectivity index (χ1v) is 7.68. The number of rotatable bonds is 6. The lowest BCUT2D eigenvalue weighted by molar-refractivity contribution is 0.147. The highest BCUT2D eigenvalue weighted by Gasteiger charge is 2.33. The number of hydrogen-bond acceptors (Lipinski definition) is 2. The van der Waals surface area contributed by atoms with Crippen LogP contribution in [-0.2, 0) is 6.54 Å². The van der Waals surface area contributed by atoms with Crippen molar-refractivity contribution in [1.82, 2.24) is 10.2 Å². The molecule has 1 atom stereocenters. The van der Waals surface area contributed by atoms with E-state index in [4.69, 9.17) is 0 Å². The Kier molecular flexibility index (Phi) is 5.00. The molecule has 1 aromatic carbocycles. The van der Waals surface area contributed by atoms with Crippen molar-refractivity contribution in [2.75, 3.05) is 13.1 Å². The van der Waals surface area contributed by atoms with E-state index in [9.17, 15) is 0 Å². The summed E-state index contributed by atoms with van der Waals surface area (Å²) in [6.45, 7) is 10.3. The van der Waals surface area contributed by atoms with Crippen LogP contribution in [0.25, 0.3) is 0 Å². The van der Waals surface area contributed by atoms with Gasteiger partial charge in [0, 0.05) is 24.7 Å². The molecule has 0 spiro atoms. The molecule has 1 fully saturated rings. The van der Waals surface area contributed by atoms with Crippen LogP contribution in [-0.4, -0.2) is 29.6 Å². The molecule has 1 aliphatic heterocycles. The molecule has 2 nitrogen and oxygen atoms in total. The summed E-state index contributed by atoms with van der Waals surface area (Å²) < 4.78 is 0. The molecule has 1 unspecified atom stereocenters. The van der Waals surface area contributed by atoms with E-state index >= 15 is 0 Å². The molecule has 2 rings (SSSR count). The molecule has 1 heterocycles. The van der Waals surface area contributed by atoms with Crippen molar-refractivity contribution >= 4 is 0 Å². The van der Waals surface area contributed by atoms with Crippen LogP contribution >= 0.6 is 0 Å². The summed E-state index contributed by atoms with van der Waals surface area (Å²) >= 11 is 0. The molecule has 2 heteroatoms. The fraction of sp³-hybridized carbons (Fsp3) is 0.647. The van der Waals surface area contributed by atoms with Crippen LogP contribution in [0.15, 0.2) is 30.3 Å². The molecular weight excluding hydrogens is 232 g/mol.